The summed E-state index contributed by atoms with van der Waals surface area (Å²) in [5.41, 5.74) is 24.5. The number of anilines is 1. The van der Waals surface area contributed by atoms with E-state index in [2.05, 4.69) is 206 Å². The first-order chi connectivity index (χ1) is 29.2. The zero-order chi connectivity index (χ0) is 39.1. The number of nitrogens with two attached hydrogens (primary N) is 1. The van der Waals surface area contributed by atoms with E-state index in [-0.39, 0.29) is 0 Å². The van der Waals surface area contributed by atoms with Crippen molar-refractivity contribution in [3.05, 3.63) is 235 Å². The molecule has 59 heavy (non-hydrogen) atoms. The third-order valence-corrected chi connectivity index (χ3v) is 13.9. The molecular weight excluding hydrogens is 731 g/mol. The van der Waals surface area contributed by atoms with Crippen molar-refractivity contribution in [2.75, 3.05) is 5.73 Å². The number of hydrogen-bond acceptors (Lipinski definition) is 2. The summed E-state index contributed by atoms with van der Waals surface area (Å²) in [6.45, 7) is 0. The molecule has 2 aliphatic rings. The summed E-state index contributed by atoms with van der Waals surface area (Å²) in [4.78, 5) is 2.56. The molecule has 1 unspecified atom stereocenters. The Morgan fingerprint density at radius 3 is 1.46 bits per heavy atom. The quantitative estimate of drug-likeness (QED) is 0.143. The fourth-order valence-corrected chi connectivity index (χ4v) is 11.6. The lowest BCUT2D eigenvalue weighted by Crippen LogP contribution is -2.32. The average molecular weight is 768 g/mol. The number of hydrogen-bond donors (Lipinski definition) is 1. The summed E-state index contributed by atoms with van der Waals surface area (Å²) in [6.07, 6.45) is 0. The number of benzene rings is 10. The highest BCUT2D eigenvalue weighted by Gasteiger charge is 2.51. The Bertz CT molecular complexity index is 3200. The molecule has 10 aromatic rings. The Morgan fingerprint density at radius 2 is 0.797 bits per heavy atom. The molecule has 10 aromatic carbocycles. The van der Waals surface area contributed by atoms with Crippen LogP contribution in [0.5, 0.6) is 0 Å². The van der Waals surface area contributed by atoms with Gasteiger partial charge in [-0.1, -0.05) is 194 Å². The van der Waals surface area contributed by atoms with Gasteiger partial charge in [0.05, 0.1) is 5.41 Å². The molecule has 0 bridgehead atoms. The van der Waals surface area contributed by atoms with Gasteiger partial charge in [0.25, 0.3) is 0 Å². The van der Waals surface area contributed by atoms with Gasteiger partial charge in [-0.15, -0.1) is 0 Å². The summed E-state index contributed by atoms with van der Waals surface area (Å²) in [6, 6.07) is 78.2. The van der Waals surface area contributed by atoms with E-state index >= 15 is 0 Å². The van der Waals surface area contributed by atoms with Gasteiger partial charge in [0.15, 0.2) is 0 Å². The van der Waals surface area contributed by atoms with Crippen LogP contribution in [0.4, 0.5) is 5.69 Å². The average Bonchev–Trinajstić information content (AvgIpc) is 3.60. The molecule has 1 atom stereocenters. The highest BCUT2D eigenvalue weighted by atomic mass is 32.2. The van der Waals surface area contributed by atoms with Crippen LogP contribution in [0.1, 0.15) is 22.3 Å². The molecule has 2 heteroatoms. The molecule has 0 radical (unpaired) electrons. The van der Waals surface area contributed by atoms with Crippen LogP contribution >= 0.6 is 11.8 Å². The summed E-state index contributed by atoms with van der Waals surface area (Å²) >= 11 is 1.90. The van der Waals surface area contributed by atoms with Crippen molar-refractivity contribution in [1.82, 2.24) is 0 Å². The fourth-order valence-electron chi connectivity index (χ4n) is 10.3. The smallest absolute Gasteiger partial charge is 0.0736 e. The molecule has 0 saturated carbocycles. The van der Waals surface area contributed by atoms with Crippen molar-refractivity contribution in [1.29, 1.82) is 0 Å². The van der Waals surface area contributed by atoms with E-state index in [9.17, 15) is 0 Å². The molecule has 1 spiro atoms. The lowest BCUT2D eigenvalue weighted by molar-refractivity contribution is 0.723. The van der Waals surface area contributed by atoms with E-state index in [1.165, 1.54) is 104 Å². The van der Waals surface area contributed by atoms with Gasteiger partial charge >= 0.3 is 0 Å². The van der Waals surface area contributed by atoms with Crippen molar-refractivity contribution in [3.8, 4) is 55.6 Å². The van der Waals surface area contributed by atoms with Crippen LogP contribution in [0.2, 0.25) is 0 Å². The first kappa shape index (κ1) is 34.0. The van der Waals surface area contributed by atoms with Crippen molar-refractivity contribution in [2.45, 2.75) is 15.2 Å². The first-order valence-corrected chi connectivity index (χ1v) is 21.1. The molecule has 0 aromatic heterocycles. The van der Waals surface area contributed by atoms with Crippen molar-refractivity contribution >= 4 is 39.0 Å². The molecule has 2 N–H and O–H groups in total. The fraction of sp³-hybridized carbons (Fsp3) is 0.0175. The van der Waals surface area contributed by atoms with Gasteiger partial charge in [-0.25, -0.2) is 0 Å². The standard InChI is InChI=1S/C57H37NS/c58-51-31-16-29-49-55(51)45-25-11-12-27-47(45)57(49)48-28-13-14-32-52(48)59-56-46(26-15-30-50(56)57)54-43-23-9-7-21-41(43)53(42-22-8-10-24-44(42)54)40-34-38(36-17-3-1-4-18-36)33-39(35-40)37-19-5-2-6-20-37/h1-35H,58H2. The summed E-state index contributed by atoms with van der Waals surface area (Å²) in [5.74, 6) is 0. The van der Waals surface area contributed by atoms with E-state index in [1.54, 1.807) is 0 Å². The van der Waals surface area contributed by atoms with Crippen LogP contribution in [-0.2, 0) is 5.41 Å². The lowest BCUT2D eigenvalue weighted by atomic mass is 9.67. The zero-order valence-corrected chi connectivity index (χ0v) is 33.0. The van der Waals surface area contributed by atoms with Gasteiger partial charge in [0.1, 0.15) is 0 Å². The Morgan fingerprint density at radius 1 is 0.322 bits per heavy atom. The molecule has 1 aliphatic heterocycles. The normalized spacial score (nSPS) is 14.8. The molecule has 1 nitrogen and oxygen atoms in total. The molecule has 276 valence electrons. The van der Waals surface area contributed by atoms with Crippen LogP contribution in [0.25, 0.3) is 77.2 Å². The molecule has 0 saturated heterocycles. The van der Waals surface area contributed by atoms with Gasteiger partial charge in [0, 0.05) is 21.0 Å². The maximum atomic E-state index is 6.90. The first-order valence-electron chi connectivity index (χ1n) is 20.3. The maximum Gasteiger partial charge on any atom is 0.0736 e. The summed E-state index contributed by atoms with van der Waals surface area (Å²) in [7, 11) is 0. The van der Waals surface area contributed by atoms with Gasteiger partial charge in [-0.3, -0.25) is 0 Å². The van der Waals surface area contributed by atoms with Crippen LogP contribution in [0, 0.1) is 0 Å². The topological polar surface area (TPSA) is 26.0 Å². The van der Waals surface area contributed by atoms with Gasteiger partial charge < -0.3 is 5.73 Å². The predicted molar refractivity (Wildman–Crippen MR) is 249 cm³/mol. The van der Waals surface area contributed by atoms with E-state index in [0.29, 0.717) is 0 Å². The third kappa shape index (κ3) is 4.94. The molecule has 1 heterocycles. The summed E-state index contributed by atoms with van der Waals surface area (Å²) < 4.78 is 0. The predicted octanol–water partition coefficient (Wildman–Crippen LogP) is 15.1. The van der Waals surface area contributed by atoms with Crippen molar-refractivity contribution in [3.63, 3.8) is 0 Å². The highest BCUT2D eigenvalue weighted by Crippen LogP contribution is 2.64. The molecule has 1 aliphatic carbocycles. The lowest BCUT2D eigenvalue weighted by Gasteiger charge is -2.40. The Kier molecular flexibility index (Phi) is 7.60. The van der Waals surface area contributed by atoms with E-state index in [4.69, 9.17) is 5.73 Å². The summed E-state index contributed by atoms with van der Waals surface area (Å²) in [5, 5.41) is 4.96. The maximum absolute atomic E-state index is 6.90. The van der Waals surface area contributed by atoms with Crippen LogP contribution in [0.15, 0.2) is 222 Å². The second-order valence-electron chi connectivity index (χ2n) is 15.7. The van der Waals surface area contributed by atoms with E-state index < -0.39 is 5.41 Å². The molecule has 12 rings (SSSR count). The van der Waals surface area contributed by atoms with E-state index in [1.807, 2.05) is 17.8 Å². The van der Waals surface area contributed by atoms with Crippen LogP contribution < -0.4 is 5.73 Å². The Balaban J connectivity index is 1.17. The van der Waals surface area contributed by atoms with Gasteiger partial charge in [0.2, 0.25) is 0 Å². The SMILES string of the molecule is Nc1cccc2c1-c1ccccc1C21c2ccccc2Sc2c(-c3c4ccccc4c(-c4cc(-c5ccccc5)cc(-c5ccccc5)c4)c4ccccc34)cccc21. The number of rotatable bonds is 4. The molecule has 0 fully saturated rings. The highest BCUT2D eigenvalue weighted by molar-refractivity contribution is 7.99. The molecule has 0 amide bonds. The van der Waals surface area contributed by atoms with Crippen molar-refractivity contribution < 1.29 is 0 Å². The third-order valence-electron chi connectivity index (χ3n) is 12.7. The van der Waals surface area contributed by atoms with Crippen molar-refractivity contribution in [2.24, 2.45) is 0 Å². The second-order valence-corrected chi connectivity index (χ2v) is 16.8. The number of nitrogen functional groups attached to an aromatic ring is 1. The Hall–Kier alpha value is -7.13. The molecular formula is C57H37NS. The van der Waals surface area contributed by atoms with Crippen LogP contribution in [0.3, 0.4) is 0 Å². The minimum Gasteiger partial charge on any atom is -0.398 e. The van der Waals surface area contributed by atoms with E-state index in [0.717, 1.165) is 11.3 Å². The number of fused-ring (bicyclic) bond motifs is 11. The largest absolute Gasteiger partial charge is 0.398 e. The van der Waals surface area contributed by atoms with Gasteiger partial charge in [-0.05, 0) is 124 Å². The van der Waals surface area contributed by atoms with Crippen LogP contribution in [-0.4, -0.2) is 0 Å². The second kappa shape index (κ2) is 13.2. The minimum atomic E-state index is -0.522. The Labute approximate surface area is 348 Å². The van der Waals surface area contributed by atoms with Gasteiger partial charge in [-0.2, -0.15) is 0 Å². The minimum absolute atomic E-state index is 0.522. The zero-order valence-electron chi connectivity index (χ0n) is 32.2. The monoisotopic (exact) mass is 767 g/mol.